The Balaban J connectivity index is 1.92. The van der Waals surface area contributed by atoms with Gasteiger partial charge in [0, 0.05) is 16.9 Å². The smallest absolute Gasteiger partial charge is 0.266 e. The number of hydrogen-bond acceptors (Lipinski definition) is 4. The van der Waals surface area contributed by atoms with Crippen LogP contribution in [0.3, 0.4) is 0 Å². The largest absolute Gasteiger partial charge is 0.508 e. The van der Waals surface area contributed by atoms with Crippen LogP contribution in [-0.2, 0) is 14.5 Å². The van der Waals surface area contributed by atoms with Gasteiger partial charge in [-0.15, -0.1) is 11.8 Å². The molecule has 22 heavy (non-hydrogen) atoms. The summed E-state index contributed by atoms with van der Waals surface area (Å²) in [5.74, 6) is 0.0244. The molecule has 0 aromatic heterocycles. The Kier molecular flexibility index (Phi) is 2.71. The molecular weight excluding hydrogens is 300 g/mol. The van der Waals surface area contributed by atoms with Gasteiger partial charge in [-0.3, -0.25) is 14.5 Å². The zero-order valence-electron chi connectivity index (χ0n) is 11.4. The lowest BCUT2D eigenvalue weighted by molar-refractivity contribution is -0.122. The first-order valence-electron chi connectivity index (χ1n) is 6.80. The number of rotatable bonds is 1. The second kappa shape index (κ2) is 4.51. The zero-order chi connectivity index (χ0) is 15.3. The van der Waals surface area contributed by atoms with Crippen LogP contribution >= 0.6 is 11.8 Å². The lowest BCUT2D eigenvalue weighted by atomic mass is 10.0. The topological polar surface area (TPSA) is 69.6 Å². The Morgan fingerprint density at radius 1 is 1.09 bits per heavy atom. The molecule has 2 aliphatic rings. The Hall–Kier alpha value is -2.47. The Labute approximate surface area is 130 Å². The highest BCUT2D eigenvalue weighted by molar-refractivity contribution is 8.02. The number of thioether (sulfide) groups is 1. The van der Waals surface area contributed by atoms with Crippen molar-refractivity contribution in [1.82, 2.24) is 0 Å². The van der Waals surface area contributed by atoms with E-state index in [1.165, 1.54) is 28.8 Å². The third-order valence-corrected chi connectivity index (χ3v) is 5.32. The fourth-order valence-electron chi connectivity index (χ4n) is 2.98. The summed E-state index contributed by atoms with van der Waals surface area (Å²) in [5, 5.41) is 12.3. The highest BCUT2D eigenvalue weighted by atomic mass is 32.2. The van der Waals surface area contributed by atoms with Gasteiger partial charge < -0.3 is 10.4 Å². The number of nitrogens with one attached hydrogen (secondary N) is 1. The quantitative estimate of drug-likeness (QED) is 0.847. The summed E-state index contributed by atoms with van der Waals surface area (Å²) in [6.45, 7) is 0. The van der Waals surface area contributed by atoms with Crippen molar-refractivity contribution in [3.8, 4) is 5.75 Å². The van der Waals surface area contributed by atoms with Gasteiger partial charge in [-0.1, -0.05) is 18.2 Å². The molecule has 0 saturated carbocycles. The third-order valence-electron chi connectivity index (χ3n) is 3.92. The van der Waals surface area contributed by atoms with E-state index in [2.05, 4.69) is 5.32 Å². The van der Waals surface area contributed by atoms with Gasteiger partial charge in [0.1, 0.15) is 5.75 Å². The van der Waals surface area contributed by atoms with Crippen LogP contribution in [-0.4, -0.2) is 22.7 Å². The minimum atomic E-state index is -1.06. The van der Waals surface area contributed by atoms with E-state index in [1.807, 2.05) is 24.3 Å². The van der Waals surface area contributed by atoms with Crippen molar-refractivity contribution in [1.29, 1.82) is 0 Å². The van der Waals surface area contributed by atoms with Crippen molar-refractivity contribution in [2.75, 3.05) is 16.0 Å². The Morgan fingerprint density at radius 3 is 2.59 bits per heavy atom. The van der Waals surface area contributed by atoms with Crippen LogP contribution in [0.2, 0.25) is 0 Å². The van der Waals surface area contributed by atoms with Crippen molar-refractivity contribution >= 4 is 35.0 Å². The lowest BCUT2D eigenvalue weighted by Crippen LogP contribution is -2.47. The van der Waals surface area contributed by atoms with E-state index < -0.39 is 4.87 Å². The monoisotopic (exact) mass is 312 g/mol. The molecule has 2 aromatic rings. The molecule has 1 spiro atoms. The number of anilines is 2. The Morgan fingerprint density at radius 2 is 1.82 bits per heavy atom. The summed E-state index contributed by atoms with van der Waals surface area (Å²) in [6, 6.07) is 13.7. The number of carbonyl (C=O) groups is 2. The summed E-state index contributed by atoms with van der Waals surface area (Å²) in [4.78, 5) is 25.6. The first-order valence-corrected chi connectivity index (χ1v) is 7.78. The number of carbonyl (C=O) groups excluding carboxylic acids is 2. The van der Waals surface area contributed by atoms with Gasteiger partial charge >= 0.3 is 0 Å². The summed E-state index contributed by atoms with van der Waals surface area (Å²) in [7, 11) is 0. The number of phenolic OH excluding ortho intramolecular Hbond substituents is 1. The second-order valence-corrected chi connectivity index (χ2v) is 6.35. The number of phenols is 1. The fraction of sp³-hybridized carbons (Fsp3) is 0.125. The maximum atomic E-state index is 12.7. The third kappa shape index (κ3) is 1.61. The van der Waals surface area contributed by atoms with E-state index in [1.54, 1.807) is 12.1 Å². The molecule has 1 atom stereocenters. The van der Waals surface area contributed by atoms with Crippen LogP contribution in [0.5, 0.6) is 5.75 Å². The number of para-hydroxylation sites is 1. The Bertz CT molecular complexity index is 790. The summed E-state index contributed by atoms with van der Waals surface area (Å²) < 4.78 is 0. The molecule has 1 unspecified atom stereocenters. The minimum absolute atomic E-state index is 0.119. The lowest BCUT2D eigenvalue weighted by Gasteiger charge is -2.32. The van der Waals surface area contributed by atoms with Gasteiger partial charge in [-0.05, 0) is 30.3 Å². The molecule has 1 saturated heterocycles. The predicted molar refractivity (Wildman–Crippen MR) is 84.8 cm³/mol. The molecular formula is C16H12N2O3S. The molecule has 0 radical (unpaired) electrons. The summed E-state index contributed by atoms with van der Waals surface area (Å²) >= 11 is 1.32. The van der Waals surface area contributed by atoms with Crippen LogP contribution in [0.25, 0.3) is 0 Å². The SMILES string of the molecule is O=C1CSC2(C(=O)Nc3ccccc32)N1c1ccc(O)cc1. The second-order valence-electron chi connectivity index (χ2n) is 5.18. The summed E-state index contributed by atoms with van der Waals surface area (Å²) in [6.07, 6.45) is 0. The molecule has 2 heterocycles. The first kappa shape index (κ1) is 13.2. The molecule has 6 heteroatoms. The predicted octanol–water partition coefficient (Wildman–Crippen LogP) is 2.28. The highest BCUT2D eigenvalue weighted by Gasteiger charge is 2.58. The molecule has 5 nitrogen and oxygen atoms in total. The molecule has 2 aliphatic heterocycles. The first-order chi connectivity index (χ1) is 10.6. The van der Waals surface area contributed by atoms with Crippen LogP contribution in [0.15, 0.2) is 48.5 Å². The molecule has 110 valence electrons. The molecule has 0 bridgehead atoms. The number of nitrogens with zero attached hydrogens (tertiary/aromatic N) is 1. The number of aromatic hydroxyl groups is 1. The fourth-order valence-corrected chi connectivity index (χ4v) is 4.29. The van der Waals surface area contributed by atoms with Crippen LogP contribution in [0, 0.1) is 0 Å². The number of amides is 2. The molecule has 0 aliphatic carbocycles. The number of benzene rings is 2. The zero-order valence-corrected chi connectivity index (χ0v) is 12.3. The standard InChI is InChI=1S/C16H12N2O3S/c19-11-7-5-10(6-8-11)18-14(20)9-22-16(18)12-3-1-2-4-13(12)17-15(16)21/h1-8,19H,9H2,(H,17,21). The van der Waals surface area contributed by atoms with E-state index in [4.69, 9.17) is 0 Å². The van der Waals surface area contributed by atoms with Gasteiger partial charge in [0.2, 0.25) is 10.8 Å². The molecule has 2 N–H and O–H groups in total. The van der Waals surface area contributed by atoms with Crippen molar-refractivity contribution in [2.45, 2.75) is 4.87 Å². The molecule has 1 fully saturated rings. The van der Waals surface area contributed by atoms with Gasteiger partial charge in [0.15, 0.2) is 0 Å². The van der Waals surface area contributed by atoms with E-state index in [0.717, 1.165) is 11.3 Å². The van der Waals surface area contributed by atoms with Gasteiger partial charge in [-0.2, -0.15) is 0 Å². The van der Waals surface area contributed by atoms with Crippen LogP contribution in [0.1, 0.15) is 5.56 Å². The average molecular weight is 312 g/mol. The van der Waals surface area contributed by atoms with Crippen LogP contribution in [0.4, 0.5) is 11.4 Å². The maximum absolute atomic E-state index is 12.7. The minimum Gasteiger partial charge on any atom is -0.508 e. The van der Waals surface area contributed by atoms with Gasteiger partial charge in [0.05, 0.1) is 5.75 Å². The molecule has 2 amide bonds. The summed E-state index contributed by atoms with van der Waals surface area (Å²) in [5.41, 5.74) is 2.13. The van der Waals surface area contributed by atoms with Crippen LogP contribution < -0.4 is 10.2 Å². The highest BCUT2D eigenvalue weighted by Crippen LogP contribution is 2.53. The molecule has 4 rings (SSSR count). The van der Waals surface area contributed by atoms with E-state index >= 15 is 0 Å². The van der Waals surface area contributed by atoms with Crippen molar-refractivity contribution in [3.05, 3.63) is 54.1 Å². The number of hydrogen-bond donors (Lipinski definition) is 2. The maximum Gasteiger partial charge on any atom is 0.266 e. The normalized spacial score (nSPS) is 23.0. The van der Waals surface area contributed by atoms with Crippen molar-refractivity contribution in [3.63, 3.8) is 0 Å². The van der Waals surface area contributed by atoms with E-state index in [9.17, 15) is 14.7 Å². The van der Waals surface area contributed by atoms with Crippen molar-refractivity contribution < 1.29 is 14.7 Å². The molecule has 2 aromatic carbocycles. The number of fused-ring (bicyclic) bond motifs is 2. The van der Waals surface area contributed by atoms with E-state index in [-0.39, 0.29) is 23.3 Å². The average Bonchev–Trinajstić information content (AvgIpc) is 3.00. The van der Waals surface area contributed by atoms with Gasteiger partial charge in [-0.25, -0.2) is 0 Å². The van der Waals surface area contributed by atoms with E-state index in [0.29, 0.717) is 5.69 Å². The van der Waals surface area contributed by atoms with Gasteiger partial charge in [0.25, 0.3) is 5.91 Å². The van der Waals surface area contributed by atoms with Crippen molar-refractivity contribution in [2.24, 2.45) is 0 Å².